The van der Waals surface area contributed by atoms with Gasteiger partial charge in [0.05, 0.1) is 0 Å². The molecular weight excluding hydrogens is 262 g/mol. The van der Waals surface area contributed by atoms with E-state index in [1.165, 1.54) is 58.4 Å². The van der Waals surface area contributed by atoms with Crippen LogP contribution in [0.1, 0.15) is 39.5 Å². The van der Waals surface area contributed by atoms with Gasteiger partial charge in [0.15, 0.2) is 5.96 Å². The Bertz CT molecular complexity index is 317. The zero-order valence-electron chi connectivity index (χ0n) is 14.1. The van der Waals surface area contributed by atoms with E-state index in [1.807, 2.05) is 7.05 Å². The fourth-order valence-electron chi connectivity index (χ4n) is 3.35. The van der Waals surface area contributed by atoms with Crippen LogP contribution < -0.4 is 10.6 Å². The van der Waals surface area contributed by atoms with Crippen LogP contribution in [0.5, 0.6) is 0 Å². The van der Waals surface area contributed by atoms with E-state index in [1.54, 1.807) is 0 Å². The number of hydrogen-bond donors (Lipinski definition) is 2. The zero-order chi connectivity index (χ0) is 15.1. The van der Waals surface area contributed by atoms with Gasteiger partial charge in [0.25, 0.3) is 0 Å². The standard InChI is InChI=1S/C16H33N5/c1-4-20-9-11-21(12-10-20)14(2)13-18-16(17-3)19-15-7-5-6-8-15/h14-15H,4-13H2,1-3H3,(H2,17,18,19). The van der Waals surface area contributed by atoms with Gasteiger partial charge in [0.1, 0.15) is 0 Å². The van der Waals surface area contributed by atoms with Crippen LogP contribution in [0, 0.1) is 0 Å². The number of likely N-dealkylation sites (N-methyl/N-ethyl adjacent to an activating group) is 1. The predicted octanol–water partition coefficient (Wildman–Crippen LogP) is 1.12. The van der Waals surface area contributed by atoms with Crippen LogP contribution in [0.15, 0.2) is 4.99 Å². The molecule has 1 saturated carbocycles. The molecule has 0 spiro atoms. The van der Waals surface area contributed by atoms with Gasteiger partial charge in [-0.1, -0.05) is 19.8 Å². The van der Waals surface area contributed by atoms with Crippen molar-refractivity contribution in [3.8, 4) is 0 Å². The molecule has 2 N–H and O–H groups in total. The highest BCUT2D eigenvalue weighted by atomic mass is 15.3. The fourth-order valence-corrected chi connectivity index (χ4v) is 3.35. The lowest BCUT2D eigenvalue weighted by Gasteiger charge is -2.37. The Kier molecular flexibility index (Phi) is 6.77. The van der Waals surface area contributed by atoms with E-state index in [4.69, 9.17) is 0 Å². The Balaban J connectivity index is 1.68. The minimum Gasteiger partial charge on any atom is -0.355 e. The molecule has 5 nitrogen and oxygen atoms in total. The summed E-state index contributed by atoms with van der Waals surface area (Å²) in [5.41, 5.74) is 0. The summed E-state index contributed by atoms with van der Waals surface area (Å²) in [4.78, 5) is 9.47. The molecule has 0 aromatic rings. The lowest BCUT2D eigenvalue weighted by atomic mass is 10.2. The molecule has 1 aliphatic carbocycles. The molecule has 5 heteroatoms. The van der Waals surface area contributed by atoms with E-state index in [2.05, 4.69) is 39.3 Å². The lowest BCUT2D eigenvalue weighted by molar-refractivity contribution is 0.107. The first kappa shape index (κ1) is 16.6. The second-order valence-electron chi connectivity index (χ2n) is 6.40. The monoisotopic (exact) mass is 295 g/mol. The molecule has 2 rings (SSSR count). The van der Waals surface area contributed by atoms with E-state index in [0.29, 0.717) is 12.1 Å². The van der Waals surface area contributed by atoms with Gasteiger partial charge in [0.2, 0.25) is 0 Å². The van der Waals surface area contributed by atoms with Gasteiger partial charge >= 0.3 is 0 Å². The van der Waals surface area contributed by atoms with Crippen LogP contribution >= 0.6 is 0 Å². The number of guanidine groups is 1. The average Bonchev–Trinajstić information content (AvgIpc) is 3.04. The molecule has 1 aliphatic heterocycles. The molecule has 2 fully saturated rings. The van der Waals surface area contributed by atoms with Gasteiger partial charge in [0, 0.05) is 51.9 Å². The van der Waals surface area contributed by atoms with Crippen molar-refractivity contribution >= 4 is 5.96 Å². The highest BCUT2D eigenvalue weighted by Crippen LogP contribution is 2.17. The molecule has 0 bridgehead atoms. The number of nitrogens with zero attached hydrogens (tertiary/aromatic N) is 3. The van der Waals surface area contributed by atoms with Crippen molar-refractivity contribution in [2.75, 3.05) is 46.3 Å². The van der Waals surface area contributed by atoms with Crippen molar-refractivity contribution in [2.45, 2.75) is 51.6 Å². The topological polar surface area (TPSA) is 42.9 Å². The Morgan fingerprint density at radius 2 is 1.86 bits per heavy atom. The minimum absolute atomic E-state index is 0.561. The zero-order valence-corrected chi connectivity index (χ0v) is 14.1. The maximum absolute atomic E-state index is 4.36. The Labute approximate surface area is 130 Å². The first-order chi connectivity index (χ1) is 10.2. The van der Waals surface area contributed by atoms with Gasteiger partial charge in [-0.15, -0.1) is 0 Å². The maximum Gasteiger partial charge on any atom is 0.191 e. The number of hydrogen-bond acceptors (Lipinski definition) is 3. The van der Waals surface area contributed by atoms with Crippen molar-refractivity contribution in [1.82, 2.24) is 20.4 Å². The lowest BCUT2D eigenvalue weighted by Crippen LogP contribution is -2.53. The molecule has 0 amide bonds. The molecular formula is C16H33N5. The summed E-state index contributed by atoms with van der Waals surface area (Å²) >= 11 is 0. The van der Waals surface area contributed by atoms with Crippen molar-refractivity contribution in [3.63, 3.8) is 0 Å². The average molecular weight is 295 g/mol. The fraction of sp³-hybridized carbons (Fsp3) is 0.938. The molecule has 2 aliphatic rings. The second kappa shape index (κ2) is 8.59. The summed E-state index contributed by atoms with van der Waals surface area (Å²) < 4.78 is 0. The van der Waals surface area contributed by atoms with E-state index in [-0.39, 0.29) is 0 Å². The SMILES string of the molecule is CCN1CCN(C(C)CNC(=NC)NC2CCCC2)CC1. The van der Waals surface area contributed by atoms with Crippen molar-refractivity contribution in [3.05, 3.63) is 0 Å². The van der Waals surface area contributed by atoms with Crippen LogP contribution in [0.2, 0.25) is 0 Å². The molecule has 0 aromatic carbocycles. The minimum atomic E-state index is 0.561. The van der Waals surface area contributed by atoms with E-state index >= 15 is 0 Å². The highest BCUT2D eigenvalue weighted by molar-refractivity contribution is 5.80. The van der Waals surface area contributed by atoms with Crippen LogP contribution in [-0.2, 0) is 0 Å². The summed E-state index contributed by atoms with van der Waals surface area (Å²) in [5.74, 6) is 0.973. The molecule has 21 heavy (non-hydrogen) atoms. The summed E-state index contributed by atoms with van der Waals surface area (Å²) in [5, 5.41) is 7.05. The third-order valence-electron chi connectivity index (χ3n) is 4.96. The normalized spacial score (nSPS) is 24.2. The van der Waals surface area contributed by atoms with Gasteiger partial charge in [-0.2, -0.15) is 0 Å². The molecule has 1 saturated heterocycles. The number of nitrogens with one attached hydrogen (secondary N) is 2. The van der Waals surface area contributed by atoms with Gasteiger partial charge < -0.3 is 15.5 Å². The predicted molar refractivity (Wildman–Crippen MR) is 89.9 cm³/mol. The first-order valence-corrected chi connectivity index (χ1v) is 8.66. The number of rotatable bonds is 5. The van der Waals surface area contributed by atoms with Gasteiger partial charge in [-0.25, -0.2) is 0 Å². The van der Waals surface area contributed by atoms with Crippen LogP contribution in [0.25, 0.3) is 0 Å². The second-order valence-corrected chi connectivity index (χ2v) is 6.40. The summed E-state index contributed by atoms with van der Waals surface area (Å²) in [6.45, 7) is 11.5. The molecule has 1 unspecified atom stereocenters. The first-order valence-electron chi connectivity index (χ1n) is 8.66. The smallest absolute Gasteiger partial charge is 0.191 e. The summed E-state index contributed by atoms with van der Waals surface area (Å²) in [6, 6.07) is 1.19. The molecule has 122 valence electrons. The van der Waals surface area contributed by atoms with Crippen molar-refractivity contribution in [2.24, 2.45) is 4.99 Å². The van der Waals surface area contributed by atoms with Crippen LogP contribution in [0.3, 0.4) is 0 Å². The number of aliphatic imine (C=N–C) groups is 1. The molecule has 1 atom stereocenters. The largest absolute Gasteiger partial charge is 0.355 e. The Morgan fingerprint density at radius 3 is 2.43 bits per heavy atom. The van der Waals surface area contributed by atoms with Crippen molar-refractivity contribution in [1.29, 1.82) is 0 Å². The third kappa shape index (κ3) is 5.15. The van der Waals surface area contributed by atoms with Crippen LogP contribution in [0.4, 0.5) is 0 Å². The van der Waals surface area contributed by atoms with E-state index in [9.17, 15) is 0 Å². The molecule has 1 heterocycles. The van der Waals surface area contributed by atoms with E-state index < -0.39 is 0 Å². The Morgan fingerprint density at radius 1 is 1.19 bits per heavy atom. The van der Waals surface area contributed by atoms with Crippen molar-refractivity contribution < 1.29 is 0 Å². The summed E-state index contributed by atoms with van der Waals surface area (Å²) in [7, 11) is 1.87. The van der Waals surface area contributed by atoms with Gasteiger partial charge in [-0.3, -0.25) is 9.89 Å². The summed E-state index contributed by atoms with van der Waals surface area (Å²) in [6.07, 6.45) is 5.28. The maximum atomic E-state index is 4.36. The van der Waals surface area contributed by atoms with Gasteiger partial charge in [-0.05, 0) is 26.3 Å². The Hall–Kier alpha value is -0.810. The molecule has 0 aromatic heterocycles. The third-order valence-corrected chi connectivity index (χ3v) is 4.96. The van der Waals surface area contributed by atoms with Crippen LogP contribution in [-0.4, -0.2) is 74.2 Å². The highest BCUT2D eigenvalue weighted by Gasteiger charge is 2.21. The number of piperazine rings is 1. The molecule has 0 radical (unpaired) electrons. The quantitative estimate of drug-likeness (QED) is 0.589. The van der Waals surface area contributed by atoms with E-state index in [0.717, 1.165) is 12.5 Å².